The number of sulfonamides is 1. The SMILES string of the molecule is O=C(O)N(c1ccccc1)S(=O)(=O)c1ccc(Cl)nn1. The summed E-state index contributed by atoms with van der Waals surface area (Å²) in [4.78, 5) is 11.3. The Morgan fingerprint density at radius 1 is 1.10 bits per heavy atom. The van der Waals surface area contributed by atoms with Crippen molar-refractivity contribution in [2.24, 2.45) is 0 Å². The van der Waals surface area contributed by atoms with Crippen LogP contribution in [0.3, 0.4) is 0 Å². The van der Waals surface area contributed by atoms with Crippen molar-refractivity contribution in [1.29, 1.82) is 0 Å². The number of para-hydroxylation sites is 1. The molecule has 0 bridgehead atoms. The summed E-state index contributed by atoms with van der Waals surface area (Å²) in [7, 11) is -4.37. The molecule has 1 aromatic heterocycles. The fraction of sp³-hybridized carbons (Fsp3) is 0. The molecule has 7 nitrogen and oxygen atoms in total. The number of carbonyl (C=O) groups is 1. The first kappa shape index (κ1) is 14.2. The summed E-state index contributed by atoms with van der Waals surface area (Å²) in [5, 5.41) is 15.5. The fourth-order valence-electron chi connectivity index (χ4n) is 1.45. The van der Waals surface area contributed by atoms with Gasteiger partial charge in [0.05, 0.1) is 5.69 Å². The first-order valence-corrected chi connectivity index (χ1v) is 7.07. The molecular weight excluding hydrogens is 306 g/mol. The van der Waals surface area contributed by atoms with Crippen LogP contribution in [-0.2, 0) is 10.0 Å². The Morgan fingerprint density at radius 2 is 1.75 bits per heavy atom. The standard InChI is InChI=1S/C11H8ClN3O4S/c12-9-6-7-10(14-13-9)20(18,19)15(11(16)17)8-4-2-1-3-5-8/h1-7H,(H,16,17). The summed E-state index contributed by atoms with van der Waals surface area (Å²) in [6.07, 6.45) is -1.65. The topological polar surface area (TPSA) is 100 Å². The number of hydrogen-bond donors (Lipinski definition) is 1. The van der Waals surface area contributed by atoms with Crippen LogP contribution < -0.4 is 4.31 Å². The zero-order chi connectivity index (χ0) is 14.8. The van der Waals surface area contributed by atoms with Gasteiger partial charge in [-0.25, -0.2) is 4.79 Å². The minimum atomic E-state index is -4.37. The van der Waals surface area contributed by atoms with E-state index >= 15 is 0 Å². The van der Waals surface area contributed by atoms with E-state index in [-0.39, 0.29) is 15.1 Å². The van der Waals surface area contributed by atoms with E-state index in [1.54, 1.807) is 6.07 Å². The van der Waals surface area contributed by atoms with E-state index in [9.17, 15) is 13.2 Å². The molecule has 0 unspecified atom stereocenters. The maximum absolute atomic E-state index is 12.3. The van der Waals surface area contributed by atoms with Crippen molar-refractivity contribution in [3.05, 3.63) is 47.6 Å². The number of nitrogens with zero attached hydrogens (tertiary/aromatic N) is 3. The summed E-state index contributed by atoms with van der Waals surface area (Å²) in [5.41, 5.74) is -0.0169. The third-order valence-electron chi connectivity index (χ3n) is 2.28. The lowest BCUT2D eigenvalue weighted by Gasteiger charge is -2.18. The van der Waals surface area contributed by atoms with Gasteiger partial charge < -0.3 is 5.11 Å². The van der Waals surface area contributed by atoms with Crippen molar-refractivity contribution in [1.82, 2.24) is 10.2 Å². The molecule has 0 aliphatic rings. The molecule has 2 aromatic rings. The summed E-state index contributed by atoms with van der Waals surface area (Å²) < 4.78 is 24.8. The maximum atomic E-state index is 12.3. The largest absolute Gasteiger partial charge is 0.464 e. The van der Waals surface area contributed by atoms with Crippen LogP contribution >= 0.6 is 11.6 Å². The van der Waals surface area contributed by atoms with Crippen LogP contribution in [-0.4, -0.2) is 29.8 Å². The highest BCUT2D eigenvalue weighted by Crippen LogP contribution is 2.22. The summed E-state index contributed by atoms with van der Waals surface area (Å²) in [6, 6.07) is 9.70. The molecule has 2 rings (SSSR count). The van der Waals surface area contributed by atoms with Gasteiger partial charge in [0, 0.05) is 0 Å². The first-order valence-electron chi connectivity index (χ1n) is 5.25. The van der Waals surface area contributed by atoms with E-state index in [2.05, 4.69) is 10.2 Å². The predicted octanol–water partition coefficient (Wildman–Crippen LogP) is 2.00. The number of amides is 1. The van der Waals surface area contributed by atoms with Crippen LogP contribution in [0, 0.1) is 0 Å². The van der Waals surface area contributed by atoms with Gasteiger partial charge in [0.1, 0.15) is 0 Å². The molecule has 1 N–H and O–H groups in total. The molecule has 0 saturated heterocycles. The molecule has 0 aliphatic carbocycles. The molecule has 1 amide bonds. The molecule has 1 heterocycles. The average Bonchev–Trinajstić information content (AvgIpc) is 2.39. The van der Waals surface area contributed by atoms with Crippen LogP contribution in [0.2, 0.25) is 5.15 Å². The van der Waals surface area contributed by atoms with E-state index < -0.39 is 21.1 Å². The lowest BCUT2D eigenvalue weighted by atomic mass is 10.3. The molecule has 0 fully saturated rings. The molecule has 0 aliphatic heterocycles. The highest BCUT2D eigenvalue weighted by atomic mass is 35.5. The van der Waals surface area contributed by atoms with Gasteiger partial charge in [-0.05, 0) is 24.3 Å². The Balaban J connectivity index is 2.54. The third-order valence-corrected chi connectivity index (χ3v) is 4.07. The molecule has 9 heteroatoms. The zero-order valence-electron chi connectivity index (χ0n) is 9.84. The van der Waals surface area contributed by atoms with Gasteiger partial charge in [-0.3, -0.25) is 0 Å². The Labute approximate surface area is 119 Å². The van der Waals surface area contributed by atoms with Crippen LogP contribution in [0.25, 0.3) is 0 Å². The van der Waals surface area contributed by atoms with Gasteiger partial charge in [-0.2, -0.15) is 12.7 Å². The molecular formula is C11H8ClN3O4S. The quantitative estimate of drug-likeness (QED) is 0.930. The highest BCUT2D eigenvalue weighted by molar-refractivity contribution is 7.93. The molecule has 0 saturated carbocycles. The molecule has 0 atom stereocenters. The Kier molecular flexibility index (Phi) is 3.86. The Morgan fingerprint density at radius 3 is 2.25 bits per heavy atom. The lowest BCUT2D eigenvalue weighted by molar-refractivity contribution is 0.206. The third kappa shape index (κ3) is 2.70. The molecule has 20 heavy (non-hydrogen) atoms. The van der Waals surface area contributed by atoms with E-state index in [1.807, 2.05) is 0 Å². The van der Waals surface area contributed by atoms with Crippen LogP contribution in [0.5, 0.6) is 0 Å². The maximum Gasteiger partial charge on any atom is 0.426 e. The monoisotopic (exact) mass is 313 g/mol. The number of carboxylic acid groups (broad SMARTS) is 1. The molecule has 0 spiro atoms. The summed E-state index contributed by atoms with van der Waals surface area (Å²) >= 11 is 5.52. The number of aromatic nitrogens is 2. The van der Waals surface area contributed by atoms with Crippen molar-refractivity contribution < 1.29 is 18.3 Å². The van der Waals surface area contributed by atoms with Crippen molar-refractivity contribution >= 4 is 33.4 Å². The zero-order valence-corrected chi connectivity index (χ0v) is 11.4. The molecule has 1 aromatic carbocycles. The number of rotatable bonds is 3. The summed E-state index contributed by atoms with van der Waals surface area (Å²) in [6.45, 7) is 0. The number of halogens is 1. The second-order valence-corrected chi connectivity index (χ2v) is 5.70. The predicted molar refractivity (Wildman–Crippen MR) is 71.2 cm³/mol. The summed E-state index contributed by atoms with van der Waals surface area (Å²) in [5.74, 6) is 0. The van der Waals surface area contributed by atoms with Crippen molar-refractivity contribution in [3.8, 4) is 0 Å². The van der Waals surface area contributed by atoms with Gasteiger partial charge in [-0.15, -0.1) is 10.2 Å². The van der Waals surface area contributed by atoms with E-state index in [0.717, 1.165) is 6.07 Å². The Hall–Kier alpha value is -2.19. The molecule has 104 valence electrons. The number of anilines is 1. The van der Waals surface area contributed by atoms with Gasteiger partial charge in [0.15, 0.2) is 10.2 Å². The van der Waals surface area contributed by atoms with Gasteiger partial charge >= 0.3 is 6.09 Å². The van der Waals surface area contributed by atoms with E-state index in [4.69, 9.17) is 16.7 Å². The fourth-order valence-corrected chi connectivity index (χ4v) is 2.73. The van der Waals surface area contributed by atoms with Crippen LogP contribution in [0.15, 0.2) is 47.5 Å². The number of benzene rings is 1. The van der Waals surface area contributed by atoms with Crippen molar-refractivity contribution in [3.63, 3.8) is 0 Å². The Bertz CT molecular complexity index is 719. The van der Waals surface area contributed by atoms with Crippen LogP contribution in [0.1, 0.15) is 0 Å². The van der Waals surface area contributed by atoms with Gasteiger partial charge in [0.2, 0.25) is 0 Å². The first-order chi connectivity index (χ1) is 9.43. The van der Waals surface area contributed by atoms with E-state index in [1.165, 1.54) is 30.3 Å². The number of hydrogen-bond acceptors (Lipinski definition) is 5. The van der Waals surface area contributed by atoms with Gasteiger partial charge in [-0.1, -0.05) is 29.8 Å². The van der Waals surface area contributed by atoms with Crippen molar-refractivity contribution in [2.75, 3.05) is 4.31 Å². The van der Waals surface area contributed by atoms with Crippen LogP contribution in [0.4, 0.5) is 10.5 Å². The highest BCUT2D eigenvalue weighted by Gasteiger charge is 2.32. The van der Waals surface area contributed by atoms with E-state index in [0.29, 0.717) is 0 Å². The second-order valence-electron chi connectivity index (χ2n) is 3.58. The lowest BCUT2D eigenvalue weighted by Crippen LogP contribution is -2.36. The average molecular weight is 314 g/mol. The van der Waals surface area contributed by atoms with Gasteiger partial charge in [0.25, 0.3) is 10.0 Å². The molecule has 0 radical (unpaired) electrons. The second kappa shape index (κ2) is 5.43. The van der Waals surface area contributed by atoms with Crippen molar-refractivity contribution in [2.45, 2.75) is 5.03 Å². The normalized spacial score (nSPS) is 11.1. The minimum Gasteiger partial charge on any atom is -0.464 e. The minimum absolute atomic E-state index is 0.00513. The smallest absolute Gasteiger partial charge is 0.426 e.